The largest absolute Gasteiger partial charge is 0.335 e. The average molecular weight is 285 g/mol. The summed E-state index contributed by atoms with van der Waals surface area (Å²) in [5.41, 5.74) is 2.25. The van der Waals surface area contributed by atoms with Gasteiger partial charge in [-0.3, -0.25) is 4.79 Å². The van der Waals surface area contributed by atoms with Crippen LogP contribution < -0.4 is 0 Å². The van der Waals surface area contributed by atoms with Crippen LogP contribution in [0.2, 0.25) is 0 Å². The molecule has 3 heteroatoms. The van der Waals surface area contributed by atoms with Gasteiger partial charge >= 0.3 is 0 Å². The summed E-state index contributed by atoms with van der Waals surface area (Å²) in [7, 11) is 0. The summed E-state index contributed by atoms with van der Waals surface area (Å²) in [6.45, 7) is 3.57. The first-order valence-corrected chi connectivity index (χ1v) is 7.77. The maximum Gasteiger partial charge on any atom is 0.246 e. The molecule has 2 rings (SSSR count). The van der Waals surface area contributed by atoms with Gasteiger partial charge in [0.25, 0.3) is 0 Å². The van der Waals surface area contributed by atoms with Gasteiger partial charge in [0.15, 0.2) is 0 Å². The number of carbonyl (C=O) groups excluding carboxylic acids is 1. The number of benzene rings is 1. The molecule has 0 saturated carbocycles. The molecule has 104 valence electrons. The van der Waals surface area contributed by atoms with E-state index in [1.54, 1.807) is 17.4 Å². The van der Waals surface area contributed by atoms with Crippen molar-refractivity contribution in [3.8, 4) is 0 Å². The normalized spacial score (nSPS) is 10.8. The molecule has 0 saturated heterocycles. The number of rotatable bonds is 6. The summed E-state index contributed by atoms with van der Waals surface area (Å²) >= 11 is 1.67. The fourth-order valence-electron chi connectivity index (χ4n) is 1.98. The highest BCUT2D eigenvalue weighted by molar-refractivity contribution is 7.07. The first kappa shape index (κ1) is 14.5. The van der Waals surface area contributed by atoms with Crippen molar-refractivity contribution in [2.45, 2.75) is 19.9 Å². The number of nitrogens with zero attached hydrogens (tertiary/aromatic N) is 1. The summed E-state index contributed by atoms with van der Waals surface area (Å²) in [5, 5.41) is 4.14. The Bertz CT molecular complexity index is 546. The molecular formula is C17H19NOS. The van der Waals surface area contributed by atoms with E-state index in [9.17, 15) is 4.79 Å². The summed E-state index contributed by atoms with van der Waals surface area (Å²) < 4.78 is 0. The van der Waals surface area contributed by atoms with E-state index < -0.39 is 0 Å². The molecule has 0 aliphatic heterocycles. The Kier molecular flexibility index (Phi) is 5.56. The van der Waals surface area contributed by atoms with Crippen LogP contribution in [0.3, 0.4) is 0 Å². The monoisotopic (exact) mass is 285 g/mol. The topological polar surface area (TPSA) is 20.3 Å². The molecule has 0 aliphatic rings. The van der Waals surface area contributed by atoms with Gasteiger partial charge in [0.2, 0.25) is 5.91 Å². The van der Waals surface area contributed by atoms with Gasteiger partial charge in [-0.2, -0.15) is 11.3 Å². The lowest BCUT2D eigenvalue weighted by molar-refractivity contribution is -0.126. The van der Waals surface area contributed by atoms with Crippen LogP contribution in [0.15, 0.2) is 53.2 Å². The van der Waals surface area contributed by atoms with Crippen molar-refractivity contribution < 1.29 is 4.79 Å². The Hall–Kier alpha value is -1.87. The van der Waals surface area contributed by atoms with E-state index in [1.165, 1.54) is 5.56 Å². The van der Waals surface area contributed by atoms with Gasteiger partial charge in [-0.15, -0.1) is 0 Å². The van der Waals surface area contributed by atoms with Crippen molar-refractivity contribution in [1.82, 2.24) is 4.90 Å². The van der Waals surface area contributed by atoms with Gasteiger partial charge in [0.05, 0.1) is 0 Å². The van der Waals surface area contributed by atoms with Crippen molar-refractivity contribution in [2.75, 3.05) is 6.54 Å². The number of amides is 1. The molecule has 0 bridgehead atoms. The van der Waals surface area contributed by atoms with Crippen molar-refractivity contribution >= 4 is 23.3 Å². The standard InChI is InChI=1S/C17H19NOS/c1-2-11-18(13-16-10-12-20-14-16)17(19)9-8-15-6-4-3-5-7-15/h3-10,12,14H,2,11,13H2,1H3. The molecule has 0 aliphatic carbocycles. The second-order valence-corrected chi connectivity index (χ2v) is 5.42. The molecule has 1 amide bonds. The Labute approximate surface area is 124 Å². The van der Waals surface area contributed by atoms with Gasteiger partial charge in [-0.1, -0.05) is 37.3 Å². The fraction of sp³-hybridized carbons (Fsp3) is 0.235. The molecule has 0 unspecified atom stereocenters. The molecule has 0 atom stereocenters. The van der Waals surface area contributed by atoms with E-state index in [4.69, 9.17) is 0 Å². The number of carbonyl (C=O) groups is 1. The first-order chi connectivity index (χ1) is 9.79. The van der Waals surface area contributed by atoms with E-state index in [-0.39, 0.29) is 5.91 Å². The Balaban J connectivity index is 2.01. The average Bonchev–Trinajstić information content (AvgIpc) is 2.98. The van der Waals surface area contributed by atoms with Gasteiger partial charge in [-0.25, -0.2) is 0 Å². The SMILES string of the molecule is CCCN(Cc1ccsc1)C(=O)C=Cc1ccccc1. The van der Waals surface area contributed by atoms with Crippen LogP contribution in [0.25, 0.3) is 6.08 Å². The quantitative estimate of drug-likeness (QED) is 0.728. The van der Waals surface area contributed by atoms with Crippen molar-refractivity contribution in [3.05, 3.63) is 64.4 Å². The third-order valence-electron chi connectivity index (χ3n) is 2.98. The summed E-state index contributed by atoms with van der Waals surface area (Å²) in [6.07, 6.45) is 4.50. The third-order valence-corrected chi connectivity index (χ3v) is 3.71. The van der Waals surface area contributed by atoms with Crippen LogP contribution in [0.1, 0.15) is 24.5 Å². The molecular weight excluding hydrogens is 266 g/mol. The van der Waals surface area contributed by atoms with Gasteiger partial charge in [-0.05, 0) is 40.5 Å². The third kappa shape index (κ3) is 4.35. The zero-order chi connectivity index (χ0) is 14.2. The molecule has 1 heterocycles. The molecule has 1 aromatic heterocycles. The molecule has 0 radical (unpaired) electrons. The molecule has 2 nitrogen and oxygen atoms in total. The van der Waals surface area contributed by atoms with Crippen LogP contribution in [-0.2, 0) is 11.3 Å². The van der Waals surface area contributed by atoms with Gasteiger partial charge in [0, 0.05) is 19.2 Å². The second-order valence-electron chi connectivity index (χ2n) is 4.64. The van der Waals surface area contributed by atoms with E-state index in [0.29, 0.717) is 6.54 Å². The van der Waals surface area contributed by atoms with Gasteiger partial charge in [0.1, 0.15) is 0 Å². The van der Waals surface area contributed by atoms with Crippen LogP contribution in [-0.4, -0.2) is 17.4 Å². The Morgan fingerprint density at radius 3 is 2.70 bits per heavy atom. The van der Waals surface area contributed by atoms with E-state index in [0.717, 1.165) is 18.5 Å². The van der Waals surface area contributed by atoms with E-state index >= 15 is 0 Å². The van der Waals surface area contributed by atoms with Crippen molar-refractivity contribution in [2.24, 2.45) is 0 Å². The Morgan fingerprint density at radius 2 is 2.05 bits per heavy atom. The fourth-order valence-corrected chi connectivity index (χ4v) is 2.64. The highest BCUT2D eigenvalue weighted by Gasteiger charge is 2.10. The number of hydrogen-bond acceptors (Lipinski definition) is 2. The Morgan fingerprint density at radius 1 is 1.25 bits per heavy atom. The molecule has 0 spiro atoms. The smallest absolute Gasteiger partial charge is 0.246 e. The minimum absolute atomic E-state index is 0.0712. The molecule has 20 heavy (non-hydrogen) atoms. The molecule has 1 aromatic carbocycles. The maximum absolute atomic E-state index is 12.3. The summed E-state index contributed by atoms with van der Waals surface area (Å²) in [6, 6.07) is 12.0. The lowest BCUT2D eigenvalue weighted by Crippen LogP contribution is -2.29. The van der Waals surface area contributed by atoms with Crippen molar-refractivity contribution in [1.29, 1.82) is 0 Å². The van der Waals surface area contributed by atoms with Gasteiger partial charge < -0.3 is 4.90 Å². The zero-order valence-electron chi connectivity index (χ0n) is 11.7. The molecule has 0 N–H and O–H groups in total. The molecule has 2 aromatic rings. The van der Waals surface area contributed by atoms with Crippen LogP contribution >= 0.6 is 11.3 Å². The van der Waals surface area contributed by atoms with Crippen LogP contribution in [0.4, 0.5) is 0 Å². The van der Waals surface area contributed by atoms with Crippen molar-refractivity contribution in [3.63, 3.8) is 0 Å². The zero-order valence-corrected chi connectivity index (χ0v) is 12.5. The first-order valence-electron chi connectivity index (χ1n) is 6.82. The lowest BCUT2D eigenvalue weighted by atomic mass is 10.2. The highest BCUT2D eigenvalue weighted by atomic mass is 32.1. The predicted molar refractivity (Wildman–Crippen MR) is 85.5 cm³/mol. The predicted octanol–water partition coefficient (Wildman–Crippen LogP) is 4.20. The van der Waals surface area contributed by atoms with E-state index in [2.05, 4.69) is 18.4 Å². The van der Waals surface area contributed by atoms with Crippen LogP contribution in [0, 0.1) is 0 Å². The highest BCUT2D eigenvalue weighted by Crippen LogP contribution is 2.11. The minimum atomic E-state index is 0.0712. The number of hydrogen-bond donors (Lipinski definition) is 0. The van der Waals surface area contributed by atoms with Crippen LogP contribution in [0.5, 0.6) is 0 Å². The number of thiophene rings is 1. The summed E-state index contributed by atoms with van der Waals surface area (Å²) in [4.78, 5) is 14.2. The van der Waals surface area contributed by atoms with E-state index in [1.807, 2.05) is 46.7 Å². The maximum atomic E-state index is 12.3. The lowest BCUT2D eigenvalue weighted by Gasteiger charge is -2.19. The minimum Gasteiger partial charge on any atom is -0.335 e. The second kappa shape index (κ2) is 7.65. The molecule has 0 fully saturated rings. The summed E-state index contributed by atoms with van der Waals surface area (Å²) in [5.74, 6) is 0.0712.